The van der Waals surface area contributed by atoms with E-state index in [0.717, 1.165) is 11.7 Å². The van der Waals surface area contributed by atoms with Gasteiger partial charge in [-0.25, -0.2) is 0 Å². The van der Waals surface area contributed by atoms with Gasteiger partial charge in [0.15, 0.2) is 5.16 Å². The first-order chi connectivity index (χ1) is 9.20. The molecule has 2 unspecified atom stereocenters. The first-order valence-corrected chi connectivity index (χ1v) is 8.43. The van der Waals surface area contributed by atoms with Crippen molar-refractivity contribution < 1.29 is 0 Å². The van der Waals surface area contributed by atoms with Crippen LogP contribution in [0.25, 0.3) is 0 Å². The van der Waals surface area contributed by atoms with Crippen LogP contribution in [0.2, 0.25) is 0 Å². The Morgan fingerprint density at radius 3 is 2.58 bits per heavy atom. The molecule has 0 bridgehead atoms. The van der Waals surface area contributed by atoms with Gasteiger partial charge in [-0.2, -0.15) is 0 Å². The van der Waals surface area contributed by atoms with Gasteiger partial charge in [-0.15, -0.1) is 10.2 Å². The zero-order chi connectivity index (χ0) is 13.4. The Bertz CT molecular complexity index is 437. The molecule has 0 amide bonds. The molecule has 4 nitrogen and oxygen atoms in total. The molecule has 0 radical (unpaired) electrons. The first kappa shape index (κ1) is 13.4. The maximum Gasteiger partial charge on any atom is 0.191 e. The normalized spacial score (nSPS) is 22.5. The van der Waals surface area contributed by atoms with Crippen LogP contribution in [0.4, 0.5) is 0 Å². The van der Waals surface area contributed by atoms with Gasteiger partial charge >= 0.3 is 0 Å². The van der Waals surface area contributed by atoms with Gasteiger partial charge in [0.2, 0.25) is 0 Å². The second-order valence-electron chi connectivity index (χ2n) is 5.89. The molecule has 2 saturated carbocycles. The number of aromatic nitrogens is 3. The minimum absolute atomic E-state index is 0.503. The molecule has 1 aromatic rings. The second-order valence-corrected chi connectivity index (χ2v) is 7.23. The van der Waals surface area contributed by atoms with Crippen LogP contribution in [0.3, 0.4) is 0 Å². The molecular formula is C14H24N4S. The highest BCUT2D eigenvalue weighted by molar-refractivity contribution is 7.99. The Morgan fingerprint density at radius 2 is 2.00 bits per heavy atom. The van der Waals surface area contributed by atoms with E-state index >= 15 is 0 Å². The van der Waals surface area contributed by atoms with Crippen molar-refractivity contribution >= 4 is 11.8 Å². The van der Waals surface area contributed by atoms with Crippen molar-refractivity contribution in [3.63, 3.8) is 0 Å². The highest BCUT2D eigenvalue weighted by Crippen LogP contribution is 2.46. The summed E-state index contributed by atoms with van der Waals surface area (Å²) in [6.45, 7) is 7.71. The highest BCUT2D eigenvalue weighted by atomic mass is 32.2. The van der Waals surface area contributed by atoms with E-state index in [4.69, 9.17) is 0 Å². The molecular weight excluding hydrogens is 256 g/mol. The van der Waals surface area contributed by atoms with E-state index in [-0.39, 0.29) is 0 Å². The molecule has 2 fully saturated rings. The third kappa shape index (κ3) is 2.97. The van der Waals surface area contributed by atoms with Crippen molar-refractivity contribution in [3.05, 3.63) is 5.82 Å². The Balaban J connectivity index is 1.73. The van der Waals surface area contributed by atoms with Crippen molar-refractivity contribution in [2.45, 2.75) is 74.9 Å². The van der Waals surface area contributed by atoms with E-state index in [9.17, 15) is 0 Å². The van der Waals surface area contributed by atoms with Crippen molar-refractivity contribution in [2.24, 2.45) is 0 Å². The Morgan fingerprint density at radius 1 is 1.26 bits per heavy atom. The van der Waals surface area contributed by atoms with Crippen LogP contribution >= 0.6 is 11.8 Å². The molecule has 3 rings (SSSR count). The summed E-state index contributed by atoms with van der Waals surface area (Å²) in [7, 11) is 0. The predicted octanol–water partition coefficient (Wildman–Crippen LogP) is 2.97. The molecule has 0 aliphatic heterocycles. The van der Waals surface area contributed by atoms with Crippen LogP contribution in [0.1, 0.15) is 64.2 Å². The number of nitrogens with one attached hydrogen (secondary N) is 1. The van der Waals surface area contributed by atoms with E-state index in [0.29, 0.717) is 23.3 Å². The SMILES string of the molecule is CCNC(C)C(C)Sc1nnc(C2CC2)n1C1CC1. The quantitative estimate of drug-likeness (QED) is 0.780. The average molecular weight is 280 g/mol. The van der Waals surface area contributed by atoms with E-state index in [1.54, 1.807) is 0 Å². The van der Waals surface area contributed by atoms with Crippen molar-refractivity contribution in [3.8, 4) is 0 Å². The summed E-state index contributed by atoms with van der Waals surface area (Å²) in [5.74, 6) is 1.96. The number of rotatable bonds is 7. The second kappa shape index (κ2) is 5.44. The van der Waals surface area contributed by atoms with E-state index in [1.165, 1.54) is 31.5 Å². The van der Waals surface area contributed by atoms with Gasteiger partial charge in [-0.3, -0.25) is 0 Å². The minimum Gasteiger partial charge on any atom is -0.313 e. The van der Waals surface area contributed by atoms with Crippen molar-refractivity contribution in [1.82, 2.24) is 20.1 Å². The molecule has 1 heterocycles. The summed E-state index contributed by atoms with van der Waals surface area (Å²) < 4.78 is 2.44. The number of nitrogens with zero attached hydrogens (tertiary/aromatic N) is 3. The number of hydrogen-bond acceptors (Lipinski definition) is 4. The highest BCUT2D eigenvalue weighted by Gasteiger charge is 2.36. The summed E-state index contributed by atoms with van der Waals surface area (Å²) in [6, 6.07) is 1.19. The van der Waals surface area contributed by atoms with E-state index in [2.05, 4.69) is 40.9 Å². The smallest absolute Gasteiger partial charge is 0.191 e. The zero-order valence-electron chi connectivity index (χ0n) is 12.1. The van der Waals surface area contributed by atoms with Crippen LogP contribution in [0.15, 0.2) is 5.16 Å². The summed E-state index contributed by atoms with van der Waals surface area (Å²) in [5.41, 5.74) is 0. The molecule has 106 valence electrons. The lowest BCUT2D eigenvalue weighted by Gasteiger charge is -2.20. The summed E-state index contributed by atoms with van der Waals surface area (Å²) in [4.78, 5) is 0. The van der Waals surface area contributed by atoms with E-state index in [1.807, 2.05) is 11.8 Å². The minimum atomic E-state index is 0.503. The molecule has 0 saturated heterocycles. The molecule has 1 N–H and O–H groups in total. The topological polar surface area (TPSA) is 42.7 Å². The van der Waals surface area contributed by atoms with Gasteiger partial charge < -0.3 is 9.88 Å². The van der Waals surface area contributed by atoms with Crippen LogP contribution in [0, 0.1) is 0 Å². The number of thioether (sulfide) groups is 1. The molecule has 0 aromatic carbocycles. The Kier molecular flexibility index (Phi) is 3.85. The van der Waals surface area contributed by atoms with Gasteiger partial charge in [0.05, 0.1) is 0 Å². The van der Waals surface area contributed by atoms with E-state index < -0.39 is 0 Å². The molecule has 2 aliphatic carbocycles. The summed E-state index contributed by atoms with van der Waals surface area (Å²) in [5, 5.41) is 14.1. The monoisotopic (exact) mass is 280 g/mol. The number of hydrogen-bond donors (Lipinski definition) is 1. The van der Waals surface area contributed by atoms with Crippen LogP contribution < -0.4 is 5.32 Å². The van der Waals surface area contributed by atoms with Crippen LogP contribution in [0.5, 0.6) is 0 Å². The zero-order valence-corrected chi connectivity index (χ0v) is 12.9. The molecule has 19 heavy (non-hydrogen) atoms. The summed E-state index contributed by atoms with van der Waals surface area (Å²) in [6.07, 6.45) is 5.22. The molecule has 2 aliphatic rings. The maximum absolute atomic E-state index is 4.47. The molecule has 1 aromatic heterocycles. The average Bonchev–Trinajstić information content (AvgIpc) is 3.29. The molecule has 0 spiro atoms. The largest absolute Gasteiger partial charge is 0.313 e. The maximum atomic E-state index is 4.47. The van der Waals surface area contributed by atoms with Gasteiger partial charge in [-0.1, -0.05) is 25.6 Å². The first-order valence-electron chi connectivity index (χ1n) is 7.55. The fourth-order valence-electron chi connectivity index (χ4n) is 2.42. The van der Waals surface area contributed by atoms with Gasteiger partial charge in [0.1, 0.15) is 5.82 Å². The van der Waals surface area contributed by atoms with Crippen LogP contribution in [-0.2, 0) is 0 Å². The molecule has 2 atom stereocenters. The lowest BCUT2D eigenvalue weighted by molar-refractivity contribution is 0.559. The fraction of sp³-hybridized carbons (Fsp3) is 0.857. The third-order valence-corrected chi connectivity index (χ3v) is 5.34. The summed E-state index contributed by atoms with van der Waals surface area (Å²) >= 11 is 1.88. The van der Waals surface area contributed by atoms with Crippen molar-refractivity contribution in [1.29, 1.82) is 0 Å². The Hall–Kier alpha value is -0.550. The lowest BCUT2D eigenvalue weighted by atomic mass is 10.2. The van der Waals surface area contributed by atoms with Crippen molar-refractivity contribution in [2.75, 3.05) is 6.54 Å². The molecule has 5 heteroatoms. The standard InChI is InChI=1S/C14H24N4S/c1-4-15-9(2)10(3)19-14-17-16-13(11-5-6-11)18(14)12-7-8-12/h9-12,15H,4-8H2,1-3H3. The van der Waals surface area contributed by atoms with Gasteiger partial charge in [0.25, 0.3) is 0 Å². The third-order valence-electron chi connectivity index (χ3n) is 4.07. The van der Waals surface area contributed by atoms with Crippen LogP contribution in [-0.4, -0.2) is 32.6 Å². The predicted molar refractivity (Wildman–Crippen MR) is 78.7 cm³/mol. The van der Waals surface area contributed by atoms with Gasteiger partial charge in [-0.05, 0) is 39.2 Å². The Labute approximate surface area is 119 Å². The fourth-order valence-corrected chi connectivity index (χ4v) is 3.50. The van der Waals surface area contributed by atoms with Gasteiger partial charge in [0, 0.05) is 23.3 Å². The lowest BCUT2D eigenvalue weighted by Crippen LogP contribution is -2.33.